The summed E-state index contributed by atoms with van der Waals surface area (Å²) < 4.78 is 5.93. The molecule has 7 nitrogen and oxygen atoms in total. The van der Waals surface area contributed by atoms with Crippen LogP contribution in [0.2, 0.25) is 0 Å². The lowest BCUT2D eigenvalue weighted by molar-refractivity contribution is 0.0646. The van der Waals surface area contributed by atoms with E-state index in [1.54, 1.807) is 11.1 Å². The van der Waals surface area contributed by atoms with E-state index < -0.39 is 0 Å². The smallest absolute Gasteiger partial charge is 0.274 e. The number of carbonyl (C=O) groups is 1. The van der Waals surface area contributed by atoms with Crippen molar-refractivity contribution >= 4 is 5.91 Å². The zero-order chi connectivity index (χ0) is 17.8. The fourth-order valence-electron chi connectivity index (χ4n) is 3.23. The average molecular weight is 349 g/mol. The van der Waals surface area contributed by atoms with E-state index in [0.29, 0.717) is 24.0 Å². The highest BCUT2D eigenvalue weighted by Crippen LogP contribution is 2.31. The standard InChI is InChI=1S/C19H19N5O2/c25-19(15-13-20-10-11-21-15)24-12-6-2-5-9-16(24)18-23-22-17(26-18)14-7-3-1-4-8-14/h1,3-4,7-8,10-11,13,16H,2,5-6,9,12H2. The Balaban J connectivity index is 1.64. The number of hydrogen-bond donors (Lipinski definition) is 0. The van der Waals surface area contributed by atoms with Gasteiger partial charge in [0.25, 0.3) is 5.91 Å². The van der Waals surface area contributed by atoms with Crippen molar-refractivity contribution in [3.63, 3.8) is 0 Å². The first-order valence-electron chi connectivity index (χ1n) is 8.79. The third-order valence-corrected chi connectivity index (χ3v) is 4.54. The summed E-state index contributed by atoms with van der Waals surface area (Å²) in [5, 5.41) is 8.41. The Morgan fingerprint density at radius 3 is 2.77 bits per heavy atom. The molecule has 1 fully saturated rings. The molecular formula is C19H19N5O2. The predicted molar refractivity (Wildman–Crippen MR) is 94.0 cm³/mol. The van der Waals surface area contributed by atoms with Crippen molar-refractivity contribution in [2.45, 2.75) is 31.7 Å². The molecule has 1 atom stereocenters. The minimum Gasteiger partial charge on any atom is -0.418 e. The molecule has 0 spiro atoms. The van der Waals surface area contributed by atoms with Gasteiger partial charge < -0.3 is 9.32 Å². The average Bonchev–Trinajstić information content (AvgIpc) is 3.07. The van der Waals surface area contributed by atoms with E-state index in [9.17, 15) is 4.79 Å². The number of benzene rings is 1. The van der Waals surface area contributed by atoms with Crippen molar-refractivity contribution in [2.75, 3.05) is 6.54 Å². The Hall–Kier alpha value is -3.09. The molecule has 0 saturated carbocycles. The molecule has 1 aromatic carbocycles. The lowest BCUT2D eigenvalue weighted by Crippen LogP contribution is -2.35. The van der Waals surface area contributed by atoms with Crippen LogP contribution < -0.4 is 0 Å². The molecule has 7 heteroatoms. The number of rotatable bonds is 3. The number of likely N-dealkylation sites (tertiary alicyclic amines) is 1. The van der Waals surface area contributed by atoms with Gasteiger partial charge in [0, 0.05) is 24.5 Å². The van der Waals surface area contributed by atoms with Crippen LogP contribution in [0.15, 0.2) is 53.3 Å². The second-order valence-corrected chi connectivity index (χ2v) is 6.27. The molecule has 1 saturated heterocycles. The van der Waals surface area contributed by atoms with E-state index in [0.717, 1.165) is 31.2 Å². The van der Waals surface area contributed by atoms with Crippen molar-refractivity contribution in [3.05, 3.63) is 60.5 Å². The lowest BCUT2D eigenvalue weighted by Gasteiger charge is -2.27. The quantitative estimate of drug-likeness (QED) is 0.721. The van der Waals surface area contributed by atoms with Crippen LogP contribution >= 0.6 is 0 Å². The first kappa shape index (κ1) is 16.4. The highest BCUT2D eigenvalue weighted by atomic mass is 16.4. The van der Waals surface area contributed by atoms with Crippen LogP contribution in [0.5, 0.6) is 0 Å². The maximum Gasteiger partial charge on any atom is 0.274 e. The van der Waals surface area contributed by atoms with Gasteiger partial charge in [-0.1, -0.05) is 31.0 Å². The van der Waals surface area contributed by atoms with Crippen LogP contribution in [0, 0.1) is 0 Å². The molecule has 0 bridgehead atoms. The normalized spacial score (nSPS) is 17.7. The molecule has 26 heavy (non-hydrogen) atoms. The molecule has 132 valence electrons. The van der Waals surface area contributed by atoms with Gasteiger partial charge in [0.05, 0.1) is 6.20 Å². The fourth-order valence-corrected chi connectivity index (χ4v) is 3.23. The maximum atomic E-state index is 12.9. The SMILES string of the molecule is O=C(c1cnccn1)N1CCCCCC1c1nnc(-c2ccccc2)o1. The van der Waals surface area contributed by atoms with E-state index in [1.165, 1.54) is 12.4 Å². The Morgan fingerprint density at radius 1 is 1.08 bits per heavy atom. The number of nitrogens with zero attached hydrogens (tertiary/aromatic N) is 5. The van der Waals surface area contributed by atoms with Gasteiger partial charge in [-0.25, -0.2) is 4.98 Å². The number of hydrogen-bond acceptors (Lipinski definition) is 6. The molecule has 3 aromatic rings. The van der Waals surface area contributed by atoms with Gasteiger partial charge in [0.1, 0.15) is 11.7 Å². The largest absolute Gasteiger partial charge is 0.418 e. The van der Waals surface area contributed by atoms with E-state index in [4.69, 9.17) is 4.42 Å². The van der Waals surface area contributed by atoms with Crippen molar-refractivity contribution in [3.8, 4) is 11.5 Å². The van der Waals surface area contributed by atoms with Gasteiger partial charge in [-0.05, 0) is 25.0 Å². The summed E-state index contributed by atoms with van der Waals surface area (Å²) in [4.78, 5) is 22.9. The Bertz CT molecular complexity index is 866. The van der Waals surface area contributed by atoms with Crippen LogP contribution in [-0.2, 0) is 0 Å². The van der Waals surface area contributed by atoms with Crippen molar-refractivity contribution < 1.29 is 9.21 Å². The van der Waals surface area contributed by atoms with Gasteiger partial charge in [0.2, 0.25) is 11.8 Å². The molecule has 2 aromatic heterocycles. The van der Waals surface area contributed by atoms with Gasteiger partial charge >= 0.3 is 0 Å². The molecule has 0 N–H and O–H groups in total. The summed E-state index contributed by atoms with van der Waals surface area (Å²) in [5.41, 5.74) is 1.20. The molecule has 0 radical (unpaired) electrons. The summed E-state index contributed by atoms with van der Waals surface area (Å²) >= 11 is 0. The molecule has 1 unspecified atom stereocenters. The minimum absolute atomic E-state index is 0.149. The third kappa shape index (κ3) is 3.33. The molecule has 1 aliphatic rings. The van der Waals surface area contributed by atoms with E-state index >= 15 is 0 Å². The van der Waals surface area contributed by atoms with E-state index in [-0.39, 0.29) is 11.9 Å². The highest BCUT2D eigenvalue weighted by molar-refractivity contribution is 5.92. The van der Waals surface area contributed by atoms with Crippen LogP contribution in [0.3, 0.4) is 0 Å². The third-order valence-electron chi connectivity index (χ3n) is 4.54. The second kappa shape index (κ2) is 7.43. The summed E-state index contributed by atoms with van der Waals surface area (Å²) in [6, 6.07) is 9.40. The molecular weight excluding hydrogens is 330 g/mol. The molecule has 1 aliphatic heterocycles. The van der Waals surface area contributed by atoms with Gasteiger partial charge in [-0.15, -0.1) is 10.2 Å². The Morgan fingerprint density at radius 2 is 1.96 bits per heavy atom. The highest BCUT2D eigenvalue weighted by Gasteiger charge is 2.32. The monoisotopic (exact) mass is 349 g/mol. The van der Waals surface area contributed by atoms with Crippen LogP contribution in [0.4, 0.5) is 0 Å². The number of carbonyl (C=O) groups excluding carboxylic acids is 1. The zero-order valence-corrected chi connectivity index (χ0v) is 14.3. The number of aromatic nitrogens is 4. The first-order valence-corrected chi connectivity index (χ1v) is 8.79. The summed E-state index contributed by atoms with van der Waals surface area (Å²) in [6.45, 7) is 0.642. The lowest BCUT2D eigenvalue weighted by atomic mass is 10.1. The topological polar surface area (TPSA) is 85.0 Å². The first-order chi connectivity index (χ1) is 12.8. The Kier molecular flexibility index (Phi) is 4.68. The summed E-state index contributed by atoms with van der Waals surface area (Å²) in [6.07, 6.45) is 8.40. The summed E-state index contributed by atoms with van der Waals surface area (Å²) in [7, 11) is 0. The molecule has 3 heterocycles. The van der Waals surface area contributed by atoms with Crippen molar-refractivity contribution in [2.24, 2.45) is 0 Å². The van der Waals surface area contributed by atoms with Crippen molar-refractivity contribution in [1.29, 1.82) is 0 Å². The molecule has 0 aliphatic carbocycles. The van der Waals surface area contributed by atoms with Crippen molar-refractivity contribution in [1.82, 2.24) is 25.1 Å². The van der Waals surface area contributed by atoms with Crippen LogP contribution in [-0.4, -0.2) is 37.5 Å². The van der Waals surface area contributed by atoms with Gasteiger partial charge in [-0.3, -0.25) is 9.78 Å². The second-order valence-electron chi connectivity index (χ2n) is 6.27. The zero-order valence-electron chi connectivity index (χ0n) is 14.3. The van der Waals surface area contributed by atoms with Gasteiger partial charge in [-0.2, -0.15) is 0 Å². The number of amides is 1. The molecule has 4 rings (SSSR count). The van der Waals surface area contributed by atoms with Gasteiger partial charge in [0.15, 0.2) is 0 Å². The predicted octanol–water partition coefficient (Wildman–Crippen LogP) is 3.28. The Labute approximate surface area is 151 Å². The summed E-state index contributed by atoms with van der Waals surface area (Å²) in [5.74, 6) is 0.796. The maximum absolute atomic E-state index is 12.9. The van der Waals surface area contributed by atoms with Crippen LogP contribution in [0.25, 0.3) is 11.5 Å². The van der Waals surface area contributed by atoms with E-state index in [1.807, 2.05) is 30.3 Å². The fraction of sp³-hybridized carbons (Fsp3) is 0.316. The minimum atomic E-state index is -0.239. The van der Waals surface area contributed by atoms with E-state index in [2.05, 4.69) is 20.2 Å². The molecule has 1 amide bonds. The van der Waals surface area contributed by atoms with Crippen LogP contribution in [0.1, 0.15) is 48.1 Å².